The van der Waals surface area contributed by atoms with E-state index >= 15 is 0 Å². The number of hydrogen-bond acceptors (Lipinski definition) is 4. The monoisotopic (exact) mass is 245 g/mol. The van der Waals surface area contributed by atoms with Gasteiger partial charge in [0.05, 0.1) is 6.61 Å². The van der Waals surface area contributed by atoms with E-state index in [0.29, 0.717) is 12.3 Å². The highest BCUT2D eigenvalue weighted by molar-refractivity contribution is 5.29. The van der Waals surface area contributed by atoms with Crippen molar-refractivity contribution >= 4 is 0 Å². The maximum Gasteiger partial charge on any atom is 0.145 e. The summed E-state index contributed by atoms with van der Waals surface area (Å²) in [4.78, 5) is 4.01. The van der Waals surface area contributed by atoms with Crippen molar-refractivity contribution < 1.29 is 4.74 Å². The second-order valence-electron chi connectivity index (χ2n) is 4.68. The predicted octanol–water partition coefficient (Wildman–Crippen LogP) is 1.86. The molecular weight excluding hydrogens is 226 g/mol. The van der Waals surface area contributed by atoms with E-state index in [4.69, 9.17) is 10.00 Å². The first-order valence-corrected chi connectivity index (χ1v) is 6.52. The molecule has 1 aromatic heterocycles. The van der Waals surface area contributed by atoms with Gasteiger partial charge in [-0.3, -0.25) is 0 Å². The summed E-state index contributed by atoms with van der Waals surface area (Å²) in [7, 11) is 0. The second kappa shape index (κ2) is 7.10. The van der Waals surface area contributed by atoms with E-state index in [1.165, 1.54) is 12.8 Å². The van der Waals surface area contributed by atoms with Gasteiger partial charge >= 0.3 is 0 Å². The predicted molar refractivity (Wildman–Crippen MR) is 68.8 cm³/mol. The Morgan fingerprint density at radius 3 is 3.28 bits per heavy atom. The summed E-state index contributed by atoms with van der Waals surface area (Å²) in [5.41, 5.74) is 1.35. The molecule has 1 saturated heterocycles. The van der Waals surface area contributed by atoms with E-state index in [0.717, 1.165) is 37.6 Å². The highest BCUT2D eigenvalue weighted by Crippen LogP contribution is 2.14. The molecule has 2 heterocycles. The van der Waals surface area contributed by atoms with Crippen LogP contribution in [-0.4, -0.2) is 24.7 Å². The molecule has 1 aliphatic rings. The zero-order chi connectivity index (χ0) is 12.6. The van der Waals surface area contributed by atoms with Crippen LogP contribution in [0.5, 0.6) is 0 Å². The van der Waals surface area contributed by atoms with Crippen molar-refractivity contribution in [1.29, 1.82) is 5.26 Å². The maximum absolute atomic E-state index is 8.90. The zero-order valence-corrected chi connectivity index (χ0v) is 10.6. The lowest BCUT2D eigenvalue weighted by molar-refractivity contribution is 0.103. The SMILES string of the molecule is N#Cc1ncccc1COCCC1CCCNC1. The van der Waals surface area contributed by atoms with Gasteiger partial charge in [0.15, 0.2) is 0 Å². The molecule has 96 valence electrons. The molecule has 0 saturated carbocycles. The van der Waals surface area contributed by atoms with Crippen molar-refractivity contribution in [1.82, 2.24) is 10.3 Å². The molecule has 0 bridgehead atoms. The van der Waals surface area contributed by atoms with Gasteiger partial charge in [-0.25, -0.2) is 4.98 Å². The Morgan fingerprint density at radius 2 is 2.50 bits per heavy atom. The highest BCUT2D eigenvalue weighted by atomic mass is 16.5. The van der Waals surface area contributed by atoms with Gasteiger partial charge in [-0.05, 0) is 44.3 Å². The fraction of sp³-hybridized carbons (Fsp3) is 0.571. The molecule has 1 N–H and O–H groups in total. The molecule has 0 aliphatic carbocycles. The second-order valence-corrected chi connectivity index (χ2v) is 4.68. The number of rotatable bonds is 5. The third kappa shape index (κ3) is 3.80. The number of pyridine rings is 1. The molecule has 1 aliphatic heterocycles. The van der Waals surface area contributed by atoms with Crippen LogP contribution in [0.15, 0.2) is 18.3 Å². The summed E-state index contributed by atoms with van der Waals surface area (Å²) >= 11 is 0. The van der Waals surface area contributed by atoms with Crippen LogP contribution in [0.25, 0.3) is 0 Å². The van der Waals surface area contributed by atoms with Gasteiger partial charge < -0.3 is 10.1 Å². The van der Waals surface area contributed by atoms with Crippen LogP contribution in [0.2, 0.25) is 0 Å². The molecule has 1 unspecified atom stereocenters. The lowest BCUT2D eigenvalue weighted by Crippen LogP contribution is -2.30. The van der Waals surface area contributed by atoms with E-state index in [1.54, 1.807) is 6.20 Å². The van der Waals surface area contributed by atoms with Crippen LogP contribution in [-0.2, 0) is 11.3 Å². The summed E-state index contributed by atoms with van der Waals surface area (Å²) in [6.07, 6.45) is 5.30. The molecular formula is C14H19N3O. The number of nitrogens with zero attached hydrogens (tertiary/aromatic N) is 2. The average molecular weight is 245 g/mol. The lowest BCUT2D eigenvalue weighted by atomic mass is 9.97. The summed E-state index contributed by atoms with van der Waals surface area (Å²) in [5.74, 6) is 0.739. The first-order chi connectivity index (χ1) is 8.90. The summed E-state index contributed by atoms with van der Waals surface area (Å²) in [6.45, 7) is 3.50. The van der Waals surface area contributed by atoms with E-state index < -0.39 is 0 Å². The van der Waals surface area contributed by atoms with Crippen molar-refractivity contribution in [3.05, 3.63) is 29.6 Å². The first-order valence-electron chi connectivity index (χ1n) is 6.52. The van der Waals surface area contributed by atoms with Crippen LogP contribution in [0, 0.1) is 17.2 Å². The smallest absolute Gasteiger partial charge is 0.145 e. The first kappa shape index (κ1) is 13.0. The number of piperidine rings is 1. The van der Waals surface area contributed by atoms with Gasteiger partial charge in [0.25, 0.3) is 0 Å². The summed E-state index contributed by atoms with van der Waals surface area (Å²) in [5, 5.41) is 12.3. The highest BCUT2D eigenvalue weighted by Gasteiger charge is 2.12. The van der Waals surface area contributed by atoms with Crippen LogP contribution in [0.4, 0.5) is 0 Å². The Hall–Kier alpha value is -1.44. The number of nitrogens with one attached hydrogen (secondary N) is 1. The fourth-order valence-electron chi connectivity index (χ4n) is 2.26. The Kier molecular flexibility index (Phi) is 5.13. The topological polar surface area (TPSA) is 57.9 Å². The summed E-state index contributed by atoms with van der Waals surface area (Å²) in [6, 6.07) is 5.82. The molecule has 0 spiro atoms. The molecule has 0 aromatic carbocycles. The normalized spacial score (nSPS) is 19.4. The molecule has 18 heavy (non-hydrogen) atoms. The van der Waals surface area contributed by atoms with Gasteiger partial charge in [-0.2, -0.15) is 5.26 Å². The Labute approximate surface area is 108 Å². The van der Waals surface area contributed by atoms with Crippen molar-refractivity contribution in [3.8, 4) is 6.07 Å². The van der Waals surface area contributed by atoms with Crippen LogP contribution in [0.1, 0.15) is 30.5 Å². The van der Waals surface area contributed by atoms with Crippen LogP contribution >= 0.6 is 0 Å². The van der Waals surface area contributed by atoms with Gasteiger partial charge in [0.2, 0.25) is 0 Å². The number of nitriles is 1. The minimum atomic E-state index is 0.469. The minimum Gasteiger partial charge on any atom is -0.377 e. The van der Waals surface area contributed by atoms with Gasteiger partial charge in [0.1, 0.15) is 11.8 Å². The molecule has 4 heteroatoms. The van der Waals surface area contributed by atoms with E-state index in [1.807, 2.05) is 12.1 Å². The number of hydrogen-bond donors (Lipinski definition) is 1. The van der Waals surface area contributed by atoms with E-state index in [9.17, 15) is 0 Å². The molecule has 1 aromatic rings. The van der Waals surface area contributed by atoms with Crippen molar-refractivity contribution in [2.24, 2.45) is 5.92 Å². The maximum atomic E-state index is 8.90. The van der Waals surface area contributed by atoms with Crippen molar-refractivity contribution in [3.63, 3.8) is 0 Å². The molecule has 1 fully saturated rings. The standard InChI is InChI=1S/C14H19N3O/c15-9-14-13(4-2-7-17-14)11-18-8-5-12-3-1-6-16-10-12/h2,4,7,12,16H,1,3,5-6,8,10-11H2. The summed E-state index contributed by atoms with van der Waals surface area (Å²) < 4.78 is 5.65. The molecule has 0 amide bonds. The third-order valence-corrected chi connectivity index (χ3v) is 3.32. The van der Waals surface area contributed by atoms with E-state index in [2.05, 4.69) is 16.4 Å². The quantitative estimate of drug-likeness (QED) is 0.804. The lowest BCUT2D eigenvalue weighted by Gasteiger charge is -2.22. The van der Waals surface area contributed by atoms with Crippen LogP contribution in [0.3, 0.4) is 0 Å². The Morgan fingerprint density at radius 1 is 1.56 bits per heavy atom. The Balaban J connectivity index is 1.70. The molecule has 1 atom stereocenters. The van der Waals surface area contributed by atoms with Gasteiger partial charge in [0, 0.05) is 18.4 Å². The fourth-order valence-corrected chi connectivity index (χ4v) is 2.26. The average Bonchev–Trinajstić information content (AvgIpc) is 2.45. The van der Waals surface area contributed by atoms with Gasteiger partial charge in [-0.1, -0.05) is 6.07 Å². The van der Waals surface area contributed by atoms with E-state index in [-0.39, 0.29) is 0 Å². The molecule has 0 radical (unpaired) electrons. The third-order valence-electron chi connectivity index (χ3n) is 3.32. The van der Waals surface area contributed by atoms with Crippen molar-refractivity contribution in [2.45, 2.75) is 25.9 Å². The molecule has 4 nitrogen and oxygen atoms in total. The minimum absolute atomic E-state index is 0.469. The van der Waals surface area contributed by atoms with Crippen molar-refractivity contribution in [2.75, 3.05) is 19.7 Å². The number of aromatic nitrogens is 1. The zero-order valence-electron chi connectivity index (χ0n) is 10.6. The van der Waals surface area contributed by atoms with Crippen LogP contribution < -0.4 is 5.32 Å². The Bertz CT molecular complexity index is 408. The number of ether oxygens (including phenoxy) is 1. The largest absolute Gasteiger partial charge is 0.377 e. The molecule has 2 rings (SSSR count). The van der Waals surface area contributed by atoms with Gasteiger partial charge in [-0.15, -0.1) is 0 Å².